The van der Waals surface area contributed by atoms with Crippen LogP contribution in [0, 0.1) is 5.92 Å². The maximum atomic E-state index is 12.8. The summed E-state index contributed by atoms with van der Waals surface area (Å²) in [5.74, 6) is 0.161. The van der Waals surface area contributed by atoms with E-state index in [1.54, 1.807) is 0 Å². The van der Waals surface area contributed by atoms with Crippen LogP contribution in [0.3, 0.4) is 0 Å². The molecule has 3 rings (SSSR count). The van der Waals surface area contributed by atoms with E-state index in [9.17, 15) is 18.3 Å². The number of fused-ring (bicyclic) bond motifs is 3. The van der Waals surface area contributed by atoms with Crippen LogP contribution in [0.25, 0.3) is 0 Å². The minimum atomic E-state index is -4.35. The standard InChI is InChI=1S/C14H16F3NO2/c15-14(16,17)9-2-4-12-11(5-9)13-8(6-18-12)1-3-10(7-19)20-13/h2,4-5,8,10,13,18-19H,1,3,6-7H2/t8-,10+,13-/m0/s1. The number of aliphatic hydroxyl groups excluding tert-OH is 1. The molecule has 0 bridgehead atoms. The molecule has 110 valence electrons. The van der Waals surface area contributed by atoms with E-state index in [-0.39, 0.29) is 24.7 Å². The molecule has 0 aromatic heterocycles. The molecular formula is C14H16F3NO2. The molecule has 1 saturated heterocycles. The van der Waals surface area contributed by atoms with Gasteiger partial charge in [-0.25, -0.2) is 0 Å². The van der Waals surface area contributed by atoms with Crippen molar-refractivity contribution in [3.63, 3.8) is 0 Å². The van der Waals surface area contributed by atoms with Crippen molar-refractivity contribution >= 4 is 5.69 Å². The van der Waals surface area contributed by atoms with Gasteiger partial charge in [0.05, 0.1) is 24.4 Å². The Morgan fingerprint density at radius 2 is 2.10 bits per heavy atom. The van der Waals surface area contributed by atoms with Gasteiger partial charge in [0.2, 0.25) is 0 Å². The van der Waals surface area contributed by atoms with Crippen LogP contribution >= 0.6 is 0 Å². The van der Waals surface area contributed by atoms with Crippen LogP contribution in [0.15, 0.2) is 18.2 Å². The number of alkyl halides is 3. The van der Waals surface area contributed by atoms with Gasteiger partial charge in [-0.15, -0.1) is 0 Å². The molecule has 1 aromatic rings. The number of halogens is 3. The fraction of sp³-hybridized carbons (Fsp3) is 0.571. The number of benzene rings is 1. The fourth-order valence-electron chi connectivity index (χ4n) is 2.98. The maximum absolute atomic E-state index is 12.8. The van der Waals surface area contributed by atoms with Gasteiger partial charge >= 0.3 is 6.18 Å². The molecule has 6 heteroatoms. The Labute approximate surface area is 114 Å². The predicted octanol–water partition coefficient (Wildman–Crippen LogP) is 2.96. The predicted molar refractivity (Wildman–Crippen MR) is 67.4 cm³/mol. The molecule has 2 aliphatic rings. The molecule has 0 unspecified atom stereocenters. The summed E-state index contributed by atoms with van der Waals surface area (Å²) < 4.78 is 44.2. The highest BCUT2D eigenvalue weighted by Gasteiger charge is 2.38. The zero-order valence-electron chi connectivity index (χ0n) is 10.8. The third-order valence-electron chi connectivity index (χ3n) is 4.07. The van der Waals surface area contributed by atoms with E-state index >= 15 is 0 Å². The zero-order chi connectivity index (χ0) is 14.3. The SMILES string of the molecule is OC[C@H]1CC[C@H]2CNc3ccc(C(F)(F)F)cc3[C@H]2O1. The van der Waals surface area contributed by atoms with E-state index in [0.29, 0.717) is 17.8 Å². The highest BCUT2D eigenvalue weighted by atomic mass is 19.4. The molecule has 2 heterocycles. The molecule has 0 saturated carbocycles. The summed E-state index contributed by atoms with van der Waals surface area (Å²) in [6.07, 6.45) is -3.41. The van der Waals surface area contributed by atoms with Crippen molar-refractivity contribution in [1.82, 2.24) is 0 Å². The maximum Gasteiger partial charge on any atom is 0.416 e. The van der Waals surface area contributed by atoms with Gasteiger partial charge in [0.1, 0.15) is 0 Å². The molecule has 3 atom stereocenters. The van der Waals surface area contributed by atoms with Gasteiger partial charge in [0, 0.05) is 23.7 Å². The number of nitrogens with one attached hydrogen (secondary N) is 1. The summed E-state index contributed by atoms with van der Waals surface area (Å²) in [5, 5.41) is 12.4. The number of ether oxygens (including phenoxy) is 1. The van der Waals surface area contributed by atoms with E-state index in [1.807, 2.05) is 0 Å². The average Bonchev–Trinajstić information content (AvgIpc) is 2.45. The second kappa shape index (κ2) is 4.93. The number of hydrogen-bond donors (Lipinski definition) is 2. The van der Waals surface area contributed by atoms with Crippen molar-refractivity contribution in [1.29, 1.82) is 0 Å². The first-order chi connectivity index (χ1) is 9.49. The van der Waals surface area contributed by atoms with Crippen LogP contribution in [0.5, 0.6) is 0 Å². The van der Waals surface area contributed by atoms with Gasteiger partial charge in [0.15, 0.2) is 0 Å². The molecule has 2 aliphatic heterocycles. The topological polar surface area (TPSA) is 41.5 Å². The van der Waals surface area contributed by atoms with Crippen molar-refractivity contribution in [2.45, 2.75) is 31.2 Å². The Bertz CT molecular complexity index is 504. The first-order valence-electron chi connectivity index (χ1n) is 6.70. The summed E-state index contributed by atoms with van der Waals surface area (Å²) >= 11 is 0. The van der Waals surface area contributed by atoms with Crippen LogP contribution in [-0.2, 0) is 10.9 Å². The summed E-state index contributed by atoms with van der Waals surface area (Å²) in [6, 6.07) is 3.71. The Hall–Kier alpha value is -1.27. The number of hydrogen-bond acceptors (Lipinski definition) is 3. The van der Waals surface area contributed by atoms with Gasteiger partial charge in [-0.2, -0.15) is 13.2 Å². The fourth-order valence-corrected chi connectivity index (χ4v) is 2.98. The lowest BCUT2D eigenvalue weighted by Gasteiger charge is -2.40. The highest BCUT2D eigenvalue weighted by molar-refractivity contribution is 5.56. The smallest absolute Gasteiger partial charge is 0.394 e. The number of aliphatic hydroxyl groups is 1. The summed E-state index contributed by atoms with van der Waals surface area (Å²) in [6.45, 7) is 0.603. The molecule has 0 amide bonds. The monoisotopic (exact) mass is 287 g/mol. The summed E-state index contributed by atoms with van der Waals surface area (Å²) in [4.78, 5) is 0. The lowest BCUT2D eigenvalue weighted by molar-refractivity contribution is -0.138. The molecule has 2 N–H and O–H groups in total. The van der Waals surface area contributed by atoms with E-state index in [4.69, 9.17) is 4.74 Å². The van der Waals surface area contributed by atoms with Crippen LogP contribution < -0.4 is 5.32 Å². The van der Waals surface area contributed by atoms with E-state index in [1.165, 1.54) is 12.1 Å². The summed E-state index contributed by atoms with van der Waals surface area (Å²) in [5.41, 5.74) is 0.584. The largest absolute Gasteiger partial charge is 0.416 e. The first-order valence-corrected chi connectivity index (χ1v) is 6.70. The molecular weight excluding hydrogens is 271 g/mol. The first kappa shape index (κ1) is 13.7. The Kier molecular flexibility index (Phi) is 3.38. The van der Waals surface area contributed by atoms with Crippen LogP contribution in [0.2, 0.25) is 0 Å². The molecule has 0 radical (unpaired) electrons. The molecule has 1 aromatic carbocycles. The van der Waals surface area contributed by atoms with Crippen molar-refractivity contribution in [3.8, 4) is 0 Å². The highest BCUT2D eigenvalue weighted by Crippen LogP contribution is 2.44. The van der Waals surface area contributed by atoms with E-state index in [2.05, 4.69) is 5.32 Å². The average molecular weight is 287 g/mol. The Morgan fingerprint density at radius 1 is 1.30 bits per heavy atom. The zero-order valence-corrected chi connectivity index (χ0v) is 10.8. The number of rotatable bonds is 1. The quantitative estimate of drug-likeness (QED) is 0.834. The van der Waals surface area contributed by atoms with Crippen molar-refractivity contribution in [3.05, 3.63) is 29.3 Å². The Morgan fingerprint density at radius 3 is 2.80 bits per heavy atom. The Balaban J connectivity index is 1.96. The van der Waals surface area contributed by atoms with Gasteiger partial charge in [0.25, 0.3) is 0 Å². The number of anilines is 1. The van der Waals surface area contributed by atoms with Crippen molar-refractivity contribution in [2.75, 3.05) is 18.5 Å². The van der Waals surface area contributed by atoms with E-state index < -0.39 is 11.7 Å². The second-order valence-corrected chi connectivity index (χ2v) is 5.38. The summed E-state index contributed by atoms with van der Waals surface area (Å²) in [7, 11) is 0. The van der Waals surface area contributed by atoms with Crippen molar-refractivity contribution < 1.29 is 23.0 Å². The molecule has 1 fully saturated rings. The molecule has 0 spiro atoms. The normalized spacial score (nSPS) is 29.3. The van der Waals surface area contributed by atoms with Crippen LogP contribution in [0.4, 0.5) is 18.9 Å². The molecule has 20 heavy (non-hydrogen) atoms. The molecule has 3 nitrogen and oxygen atoms in total. The van der Waals surface area contributed by atoms with E-state index in [0.717, 1.165) is 18.9 Å². The third-order valence-corrected chi connectivity index (χ3v) is 4.07. The van der Waals surface area contributed by atoms with Gasteiger partial charge in [-0.05, 0) is 31.0 Å². The van der Waals surface area contributed by atoms with Gasteiger partial charge in [-0.3, -0.25) is 0 Å². The van der Waals surface area contributed by atoms with Crippen LogP contribution in [0.1, 0.15) is 30.1 Å². The minimum absolute atomic E-state index is 0.0923. The minimum Gasteiger partial charge on any atom is -0.394 e. The van der Waals surface area contributed by atoms with Gasteiger partial charge < -0.3 is 15.2 Å². The molecule has 0 aliphatic carbocycles. The van der Waals surface area contributed by atoms with Crippen molar-refractivity contribution in [2.24, 2.45) is 5.92 Å². The van der Waals surface area contributed by atoms with Gasteiger partial charge in [-0.1, -0.05) is 0 Å². The van der Waals surface area contributed by atoms with Crippen LogP contribution in [-0.4, -0.2) is 24.4 Å². The second-order valence-electron chi connectivity index (χ2n) is 5.38. The lowest BCUT2D eigenvalue weighted by atomic mass is 9.83. The third kappa shape index (κ3) is 2.38. The lowest BCUT2D eigenvalue weighted by Crippen LogP contribution is -2.38.